The molecule has 0 aliphatic heterocycles. The molecular weight excluding hydrogens is 494 g/mol. The van der Waals surface area contributed by atoms with Gasteiger partial charge in [-0.2, -0.15) is 10.5 Å². The second-order valence-corrected chi connectivity index (χ2v) is 9.71. The van der Waals surface area contributed by atoms with Crippen molar-refractivity contribution in [3.8, 4) is 23.3 Å². The van der Waals surface area contributed by atoms with E-state index >= 15 is 0 Å². The fourth-order valence-electron chi connectivity index (χ4n) is 4.47. The molecule has 4 aromatic rings. The van der Waals surface area contributed by atoms with E-state index in [0.717, 1.165) is 46.4 Å². The SMILES string of the molecule is CCCc1nc2c(C)cc(N=C(SC)C(C#N)C#N)cc2n1Cc1ccc(-c2ccccc2C(=O)O)cc1. The van der Waals surface area contributed by atoms with Gasteiger partial charge < -0.3 is 9.67 Å². The topological polar surface area (TPSA) is 115 Å². The monoisotopic (exact) mass is 521 g/mol. The summed E-state index contributed by atoms with van der Waals surface area (Å²) in [6.07, 6.45) is 3.58. The van der Waals surface area contributed by atoms with E-state index in [1.807, 2.05) is 73.8 Å². The van der Waals surface area contributed by atoms with Gasteiger partial charge >= 0.3 is 5.97 Å². The van der Waals surface area contributed by atoms with Gasteiger partial charge in [-0.05, 0) is 60.1 Å². The maximum atomic E-state index is 11.7. The van der Waals surface area contributed by atoms with E-state index in [2.05, 4.69) is 16.5 Å². The first-order valence-corrected chi connectivity index (χ1v) is 13.5. The first-order chi connectivity index (χ1) is 18.4. The van der Waals surface area contributed by atoms with E-state index in [9.17, 15) is 20.4 Å². The van der Waals surface area contributed by atoms with Gasteiger partial charge in [-0.25, -0.2) is 14.8 Å². The van der Waals surface area contributed by atoms with Crippen molar-refractivity contribution in [1.29, 1.82) is 10.5 Å². The molecular formula is C30H27N5O2S. The Balaban J connectivity index is 1.76. The van der Waals surface area contributed by atoms with Crippen LogP contribution in [-0.2, 0) is 13.0 Å². The van der Waals surface area contributed by atoms with E-state index in [0.29, 0.717) is 22.8 Å². The Labute approximate surface area is 226 Å². The summed E-state index contributed by atoms with van der Waals surface area (Å²) in [4.78, 5) is 21.2. The number of carbonyl (C=O) groups is 1. The molecule has 0 aliphatic rings. The van der Waals surface area contributed by atoms with Crippen LogP contribution in [0.1, 0.15) is 40.7 Å². The number of carboxylic acid groups (broad SMARTS) is 1. The minimum absolute atomic E-state index is 0.272. The van der Waals surface area contributed by atoms with Crippen LogP contribution >= 0.6 is 11.8 Å². The molecule has 0 saturated heterocycles. The Kier molecular flexibility index (Phi) is 8.25. The Morgan fingerprint density at radius 3 is 2.47 bits per heavy atom. The summed E-state index contributed by atoms with van der Waals surface area (Å²) in [7, 11) is 0. The average Bonchev–Trinajstić information content (AvgIpc) is 3.26. The number of hydrogen-bond acceptors (Lipinski definition) is 6. The quantitative estimate of drug-likeness (QED) is 0.202. The number of aromatic carboxylic acids is 1. The molecule has 0 atom stereocenters. The lowest BCUT2D eigenvalue weighted by atomic mass is 9.99. The molecule has 0 spiro atoms. The molecule has 38 heavy (non-hydrogen) atoms. The first-order valence-electron chi connectivity index (χ1n) is 12.2. The van der Waals surface area contributed by atoms with Gasteiger partial charge in [-0.15, -0.1) is 11.8 Å². The average molecular weight is 522 g/mol. The van der Waals surface area contributed by atoms with Crippen LogP contribution < -0.4 is 0 Å². The molecule has 7 nitrogen and oxygen atoms in total. The Morgan fingerprint density at radius 2 is 1.84 bits per heavy atom. The fourth-order valence-corrected chi connectivity index (χ4v) is 5.00. The lowest BCUT2D eigenvalue weighted by molar-refractivity contribution is 0.0697. The maximum Gasteiger partial charge on any atom is 0.336 e. The molecule has 0 fully saturated rings. The summed E-state index contributed by atoms with van der Waals surface area (Å²) in [5.41, 5.74) is 6.36. The number of aliphatic imine (C=N–C) groups is 1. The highest BCUT2D eigenvalue weighted by Gasteiger charge is 2.17. The van der Waals surface area contributed by atoms with Crippen molar-refractivity contribution in [1.82, 2.24) is 9.55 Å². The fraction of sp³-hybridized carbons (Fsp3) is 0.233. The van der Waals surface area contributed by atoms with E-state index in [4.69, 9.17) is 4.98 Å². The molecule has 190 valence electrons. The van der Waals surface area contributed by atoms with Gasteiger partial charge in [-0.3, -0.25) is 0 Å². The predicted molar refractivity (Wildman–Crippen MR) is 152 cm³/mol. The number of nitrogens with zero attached hydrogens (tertiary/aromatic N) is 5. The van der Waals surface area contributed by atoms with Gasteiger partial charge in [0, 0.05) is 13.0 Å². The number of aromatic nitrogens is 2. The third kappa shape index (κ3) is 5.46. The van der Waals surface area contributed by atoms with Crippen molar-refractivity contribution in [3.05, 3.63) is 83.2 Å². The second-order valence-electron chi connectivity index (χ2n) is 8.89. The lowest BCUT2D eigenvalue weighted by Crippen LogP contribution is -2.06. The summed E-state index contributed by atoms with van der Waals surface area (Å²) in [6.45, 7) is 4.71. The standard InChI is InChI=1S/C30H27N5O2S/c1-4-7-27-34-28-19(2)14-23(33-29(38-3)22(16-31)17-32)15-26(28)35(27)18-20-10-12-21(13-11-20)24-8-5-6-9-25(24)30(36)37/h5-6,8-15,22H,4,7,18H2,1-3H3,(H,36,37). The molecule has 0 bridgehead atoms. The van der Waals surface area contributed by atoms with Crippen LogP contribution in [0.4, 0.5) is 5.69 Å². The van der Waals surface area contributed by atoms with Crippen LogP contribution in [0, 0.1) is 35.5 Å². The lowest BCUT2D eigenvalue weighted by Gasteiger charge is -2.12. The summed E-state index contributed by atoms with van der Waals surface area (Å²) >= 11 is 1.30. The Bertz CT molecular complexity index is 1590. The normalized spacial score (nSPS) is 11.5. The summed E-state index contributed by atoms with van der Waals surface area (Å²) in [5.74, 6) is -0.886. The van der Waals surface area contributed by atoms with Crippen LogP contribution in [0.2, 0.25) is 0 Å². The highest BCUT2D eigenvalue weighted by atomic mass is 32.2. The van der Waals surface area contributed by atoms with Crippen LogP contribution in [-0.4, -0.2) is 31.9 Å². The van der Waals surface area contributed by atoms with Gasteiger partial charge in [-0.1, -0.05) is 49.4 Å². The van der Waals surface area contributed by atoms with Crippen LogP contribution in [0.5, 0.6) is 0 Å². The number of nitriles is 2. The van der Waals surface area contributed by atoms with E-state index in [1.54, 1.807) is 12.1 Å². The van der Waals surface area contributed by atoms with Crippen molar-refractivity contribution in [2.75, 3.05) is 6.26 Å². The minimum atomic E-state index is -0.951. The number of hydrogen-bond donors (Lipinski definition) is 1. The number of fused-ring (bicyclic) bond motifs is 1. The van der Waals surface area contributed by atoms with E-state index in [-0.39, 0.29) is 5.56 Å². The number of imidazole rings is 1. The zero-order valence-electron chi connectivity index (χ0n) is 21.5. The van der Waals surface area contributed by atoms with Crippen LogP contribution in [0.15, 0.2) is 65.7 Å². The Morgan fingerprint density at radius 1 is 1.13 bits per heavy atom. The molecule has 0 unspecified atom stereocenters. The smallest absolute Gasteiger partial charge is 0.336 e. The molecule has 0 saturated carbocycles. The zero-order valence-corrected chi connectivity index (χ0v) is 22.3. The zero-order chi connectivity index (χ0) is 27.2. The largest absolute Gasteiger partial charge is 0.478 e. The molecule has 1 N–H and O–H groups in total. The number of thioether (sulfide) groups is 1. The van der Waals surface area contributed by atoms with Gasteiger partial charge in [0.05, 0.1) is 34.4 Å². The maximum absolute atomic E-state index is 11.7. The van der Waals surface area contributed by atoms with Crippen molar-refractivity contribution < 1.29 is 9.90 Å². The molecule has 1 heterocycles. The van der Waals surface area contributed by atoms with Crippen LogP contribution in [0.3, 0.4) is 0 Å². The second kappa shape index (κ2) is 11.8. The first kappa shape index (κ1) is 26.7. The highest BCUT2D eigenvalue weighted by molar-refractivity contribution is 8.13. The summed E-state index contributed by atoms with van der Waals surface area (Å²) in [6, 6.07) is 22.8. The van der Waals surface area contributed by atoms with Gasteiger partial charge in [0.25, 0.3) is 0 Å². The molecule has 0 radical (unpaired) electrons. The van der Waals surface area contributed by atoms with Crippen molar-refractivity contribution in [2.24, 2.45) is 10.9 Å². The van der Waals surface area contributed by atoms with Crippen LogP contribution in [0.25, 0.3) is 22.2 Å². The third-order valence-corrected chi connectivity index (χ3v) is 7.04. The summed E-state index contributed by atoms with van der Waals surface area (Å²) < 4.78 is 2.19. The molecule has 8 heteroatoms. The van der Waals surface area contributed by atoms with Gasteiger partial charge in [0.2, 0.25) is 0 Å². The van der Waals surface area contributed by atoms with E-state index in [1.165, 1.54) is 11.8 Å². The number of carboxylic acids is 1. The molecule has 4 rings (SSSR count). The van der Waals surface area contributed by atoms with Crippen molar-refractivity contribution in [2.45, 2.75) is 33.2 Å². The minimum Gasteiger partial charge on any atom is -0.478 e. The Hall–Kier alpha value is -4.40. The molecule has 3 aromatic carbocycles. The van der Waals surface area contributed by atoms with E-state index < -0.39 is 11.9 Å². The summed E-state index contributed by atoms with van der Waals surface area (Å²) in [5, 5.41) is 28.7. The van der Waals surface area contributed by atoms with Crippen molar-refractivity contribution in [3.63, 3.8) is 0 Å². The highest BCUT2D eigenvalue weighted by Crippen LogP contribution is 2.30. The number of rotatable bonds is 8. The van der Waals surface area contributed by atoms with Crippen molar-refractivity contribution >= 4 is 39.5 Å². The molecule has 1 aromatic heterocycles. The number of benzene rings is 3. The molecule has 0 amide bonds. The number of aryl methyl sites for hydroxylation is 2. The third-order valence-electron chi connectivity index (χ3n) is 6.30. The predicted octanol–water partition coefficient (Wildman–Crippen LogP) is 6.77. The molecule has 0 aliphatic carbocycles. The van der Waals surface area contributed by atoms with Gasteiger partial charge in [0.15, 0.2) is 5.92 Å². The van der Waals surface area contributed by atoms with Gasteiger partial charge in [0.1, 0.15) is 10.9 Å².